The van der Waals surface area contributed by atoms with E-state index in [9.17, 15) is 61.3 Å². The van der Waals surface area contributed by atoms with Gasteiger partial charge in [-0.1, -0.05) is 0 Å². The molecule has 0 amide bonds. The van der Waals surface area contributed by atoms with Gasteiger partial charge in [0.05, 0.1) is 25.4 Å². The molecule has 43 heavy (non-hydrogen) atoms. The van der Waals surface area contributed by atoms with E-state index in [1.165, 1.54) is 13.8 Å². The lowest BCUT2D eigenvalue weighted by molar-refractivity contribution is -0.384. The standard InChI is InChI=1S/C24H42O19/c1-5-18(11(29)14(32)21(36)37-5)41-22-16(34)12(30)19(6(2)38-22)42-24-17(35)13(31)20(8(4-26)40-24)43-23-15(33)10(28)9(27)7(3-25)39-23/h5-36H,3-4H2,1-2H3/t5-,6-,7+,8+,9+,10-,11-,12-,13+,14+,15+,16+,17+,18-,19-,20-,21+,22-,23-,24-/m0/s1. The van der Waals surface area contributed by atoms with Gasteiger partial charge in [-0.05, 0) is 13.8 Å². The van der Waals surface area contributed by atoms with Crippen LogP contribution in [-0.4, -0.2) is 197 Å². The van der Waals surface area contributed by atoms with Crippen LogP contribution >= 0.6 is 0 Å². The maximum Gasteiger partial charge on any atom is 0.187 e. The predicted octanol–water partition coefficient (Wildman–Crippen LogP) is -7.69. The van der Waals surface area contributed by atoms with Gasteiger partial charge >= 0.3 is 0 Å². The summed E-state index contributed by atoms with van der Waals surface area (Å²) in [4.78, 5) is 0. The molecule has 0 aromatic carbocycles. The molecule has 0 bridgehead atoms. The quantitative estimate of drug-likeness (QED) is 0.118. The monoisotopic (exact) mass is 634 g/mol. The Kier molecular flexibility index (Phi) is 11.7. The topological polar surface area (TPSA) is 307 Å². The summed E-state index contributed by atoms with van der Waals surface area (Å²) >= 11 is 0. The van der Waals surface area contributed by atoms with Gasteiger partial charge in [0, 0.05) is 0 Å². The molecule has 0 spiro atoms. The summed E-state index contributed by atoms with van der Waals surface area (Å²) in [6.45, 7) is 1.26. The van der Waals surface area contributed by atoms with Crippen LogP contribution in [0.3, 0.4) is 0 Å². The van der Waals surface area contributed by atoms with Crippen molar-refractivity contribution in [2.24, 2.45) is 0 Å². The average molecular weight is 635 g/mol. The largest absolute Gasteiger partial charge is 0.394 e. The molecule has 0 aliphatic carbocycles. The minimum Gasteiger partial charge on any atom is -0.394 e. The van der Waals surface area contributed by atoms with E-state index in [1.54, 1.807) is 0 Å². The normalized spacial score (nSPS) is 54.8. The fraction of sp³-hybridized carbons (Fsp3) is 1.00. The number of aliphatic hydroxyl groups excluding tert-OH is 12. The summed E-state index contributed by atoms with van der Waals surface area (Å²) < 4.78 is 38.3. The Bertz CT molecular complexity index is 882. The number of hydrogen-bond donors (Lipinski definition) is 12. The van der Waals surface area contributed by atoms with Crippen LogP contribution in [0.15, 0.2) is 0 Å². The molecule has 252 valence electrons. The molecule has 12 N–H and O–H groups in total. The Morgan fingerprint density at radius 1 is 0.419 bits per heavy atom. The third kappa shape index (κ3) is 7.00. The van der Waals surface area contributed by atoms with E-state index in [2.05, 4.69) is 0 Å². The lowest BCUT2D eigenvalue weighted by Crippen LogP contribution is -2.66. The van der Waals surface area contributed by atoms with E-state index in [1.807, 2.05) is 0 Å². The zero-order valence-corrected chi connectivity index (χ0v) is 23.2. The molecule has 19 heteroatoms. The van der Waals surface area contributed by atoms with Gasteiger partial charge < -0.3 is 94.4 Å². The minimum atomic E-state index is -1.91. The van der Waals surface area contributed by atoms with Crippen LogP contribution in [0.1, 0.15) is 13.8 Å². The fourth-order valence-corrected chi connectivity index (χ4v) is 5.49. The second-order valence-electron chi connectivity index (χ2n) is 11.1. The highest BCUT2D eigenvalue weighted by molar-refractivity contribution is 4.96. The van der Waals surface area contributed by atoms with E-state index in [0.29, 0.717) is 0 Å². The number of rotatable bonds is 8. The highest BCUT2D eigenvalue weighted by Crippen LogP contribution is 2.33. The molecule has 4 aliphatic rings. The summed E-state index contributed by atoms with van der Waals surface area (Å²) in [7, 11) is 0. The summed E-state index contributed by atoms with van der Waals surface area (Å²) in [6, 6.07) is 0. The number of ether oxygens (including phenoxy) is 7. The smallest absolute Gasteiger partial charge is 0.187 e. The average Bonchev–Trinajstić information content (AvgIpc) is 2.98. The van der Waals surface area contributed by atoms with E-state index in [4.69, 9.17) is 33.2 Å². The van der Waals surface area contributed by atoms with Crippen LogP contribution in [0.25, 0.3) is 0 Å². The van der Waals surface area contributed by atoms with Crippen molar-refractivity contribution < 1.29 is 94.4 Å². The first-order valence-corrected chi connectivity index (χ1v) is 13.8. The molecular weight excluding hydrogens is 592 g/mol. The molecule has 4 aliphatic heterocycles. The molecule has 0 aromatic rings. The fourth-order valence-electron chi connectivity index (χ4n) is 5.49. The van der Waals surface area contributed by atoms with Gasteiger partial charge in [-0.3, -0.25) is 0 Å². The highest BCUT2D eigenvalue weighted by Gasteiger charge is 2.54. The molecular formula is C24H42O19. The van der Waals surface area contributed by atoms with Gasteiger partial charge in [-0.15, -0.1) is 0 Å². The molecule has 19 nitrogen and oxygen atoms in total. The van der Waals surface area contributed by atoms with Crippen LogP contribution in [0.5, 0.6) is 0 Å². The lowest BCUT2D eigenvalue weighted by Gasteiger charge is -2.48. The first kappa shape index (κ1) is 35.1. The molecule has 0 radical (unpaired) electrons. The molecule has 4 rings (SSSR count). The SMILES string of the molecule is C[C@@H]1O[C@@H](O)[C@H](O)[C@H](O)[C@H]1O[C@@H]1O[C@@H](C)[C@H](O[C@@H]2O[C@H](CO)[C@H](O[C@@H]3O[C@H](CO)[C@@H](O)[C@H](O)[C@H]3O)[C@H](O)[C@H]2O)[C@@H](O)[C@H]1O. The van der Waals surface area contributed by atoms with E-state index in [-0.39, 0.29) is 0 Å². The molecule has 4 heterocycles. The molecule has 4 fully saturated rings. The van der Waals surface area contributed by atoms with Crippen molar-refractivity contribution in [2.75, 3.05) is 13.2 Å². The van der Waals surface area contributed by atoms with Crippen molar-refractivity contribution in [3.8, 4) is 0 Å². The van der Waals surface area contributed by atoms with E-state index >= 15 is 0 Å². The van der Waals surface area contributed by atoms with Gasteiger partial charge in [0.2, 0.25) is 0 Å². The summed E-state index contributed by atoms with van der Waals surface area (Å²) in [5, 5.41) is 122. The van der Waals surface area contributed by atoms with Crippen LogP contribution in [0.4, 0.5) is 0 Å². The third-order valence-electron chi connectivity index (χ3n) is 8.12. The van der Waals surface area contributed by atoms with Gasteiger partial charge in [0.25, 0.3) is 0 Å². The van der Waals surface area contributed by atoms with Crippen molar-refractivity contribution in [1.29, 1.82) is 0 Å². The van der Waals surface area contributed by atoms with Gasteiger partial charge in [0.1, 0.15) is 85.5 Å². The Morgan fingerprint density at radius 3 is 1.35 bits per heavy atom. The number of hydrogen-bond acceptors (Lipinski definition) is 19. The van der Waals surface area contributed by atoms with Gasteiger partial charge in [0.15, 0.2) is 25.2 Å². The first-order valence-electron chi connectivity index (χ1n) is 13.8. The van der Waals surface area contributed by atoms with Crippen LogP contribution in [-0.2, 0) is 33.2 Å². The number of aliphatic hydroxyl groups is 12. The molecule has 4 saturated heterocycles. The van der Waals surface area contributed by atoms with Gasteiger partial charge in [-0.25, -0.2) is 0 Å². The van der Waals surface area contributed by atoms with Crippen LogP contribution in [0, 0.1) is 0 Å². The molecule has 0 unspecified atom stereocenters. The predicted molar refractivity (Wildman–Crippen MR) is 131 cm³/mol. The Labute approximate surface area is 244 Å². The minimum absolute atomic E-state index is 0.753. The molecule has 20 atom stereocenters. The summed E-state index contributed by atoms with van der Waals surface area (Å²) in [5.41, 5.74) is 0. The van der Waals surface area contributed by atoms with Crippen molar-refractivity contribution in [2.45, 2.75) is 137 Å². The van der Waals surface area contributed by atoms with E-state index < -0.39 is 136 Å². The summed E-state index contributed by atoms with van der Waals surface area (Å²) in [5.74, 6) is 0. The summed E-state index contributed by atoms with van der Waals surface area (Å²) in [6.07, 6.45) is -31.8. The van der Waals surface area contributed by atoms with Crippen LogP contribution in [0.2, 0.25) is 0 Å². The maximum absolute atomic E-state index is 10.8. The second kappa shape index (κ2) is 14.3. The zero-order valence-electron chi connectivity index (χ0n) is 23.2. The Morgan fingerprint density at radius 2 is 0.814 bits per heavy atom. The van der Waals surface area contributed by atoms with Crippen molar-refractivity contribution in [1.82, 2.24) is 0 Å². The first-order chi connectivity index (χ1) is 20.2. The van der Waals surface area contributed by atoms with Crippen molar-refractivity contribution >= 4 is 0 Å². The second-order valence-corrected chi connectivity index (χ2v) is 11.1. The van der Waals surface area contributed by atoms with E-state index in [0.717, 1.165) is 0 Å². The lowest BCUT2D eigenvalue weighted by atomic mass is 9.96. The molecule has 0 saturated carbocycles. The maximum atomic E-state index is 10.8. The Balaban J connectivity index is 1.40. The highest BCUT2D eigenvalue weighted by atomic mass is 16.8. The van der Waals surface area contributed by atoms with Gasteiger partial charge in [-0.2, -0.15) is 0 Å². The Hall–Kier alpha value is -0.760. The van der Waals surface area contributed by atoms with Crippen molar-refractivity contribution in [3.05, 3.63) is 0 Å². The van der Waals surface area contributed by atoms with Crippen molar-refractivity contribution in [3.63, 3.8) is 0 Å². The third-order valence-corrected chi connectivity index (χ3v) is 8.12. The zero-order chi connectivity index (χ0) is 31.9. The molecule has 0 aromatic heterocycles. The van der Waals surface area contributed by atoms with Crippen LogP contribution < -0.4 is 0 Å².